The standard InChI is InChI=1S/C17H25NS/c1-19(2,3,18,14-16-10-6-4-7-11-16)15-17-12-8-5-9-13-17/h4-13H,14-15,18H2,1-3H3. The van der Waals surface area contributed by atoms with Crippen LogP contribution in [-0.4, -0.2) is 18.8 Å². The Kier molecular flexibility index (Phi) is 3.07. The first-order valence-corrected chi connectivity index (χ1v) is 10.6. The van der Waals surface area contributed by atoms with E-state index in [4.69, 9.17) is 5.14 Å². The molecule has 104 valence electrons. The van der Waals surface area contributed by atoms with Crippen molar-refractivity contribution in [1.29, 1.82) is 0 Å². The summed E-state index contributed by atoms with van der Waals surface area (Å²) in [6.45, 7) is 0. The van der Waals surface area contributed by atoms with E-state index in [1.165, 1.54) is 11.1 Å². The zero-order chi connectivity index (χ0) is 14.0. The smallest absolute Gasteiger partial charge is 0.000705 e. The van der Waals surface area contributed by atoms with Crippen LogP contribution in [0.5, 0.6) is 0 Å². The Balaban J connectivity index is 2.31. The molecular formula is C17H25NS. The fourth-order valence-electron chi connectivity index (χ4n) is 2.63. The summed E-state index contributed by atoms with van der Waals surface area (Å²) in [6, 6.07) is 21.2. The van der Waals surface area contributed by atoms with Gasteiger partial charge in [0.25, 0.3) is 0 Å². The van der Waals surface area contributed by atoms with Gasteiger partial charge in [0.2, 0.25) is 0 Å². The lowest BCUT2D eigenvalue weighted by Gasteiger charge is -2.69. The van der Waals surface area contributed by atoms with E-state index in [2.05, 4.69) is 79.4 Å². The van der Waals surface area contributed by atoms with Gasteiger partial charge in [-0.15, -0.1) is 0 Å². The van der Waals surface area contributed by atoms with Gasteiger partial charge >= 0.3 is 0 Å². The van der Waals surface area contributed by atoms with Crippen LogP contribution in [0.1, 0.15) is 11.1 Å². The Labute approximate surface area is 116 Å². The number of benzene rings is 2. The molecule has 0 bridgehead atoms. The van der Waals surface area contributed by atoms with Gasteiger partial charge < -0.3 is 5.14 Å². The maximum absolute atomic E-state index is 6.98. The van der Waals surface area contributed by atoms with E-state index in [0.717, 1.165) is 11.5 Å². The fraction of sp³-hybridized carbons (Fsp3) is 0.294. The third kappa shape index (κ3) is 4.41. The van der Waals surface area contributed by atoms with Crippen molar-refractivity contribution < 1.29 is 0 Å². The summed E-state index contributed by atoms with van der Waals surface area (Å²) in [7, 11) is -2.60. The van der Waals surface area contributed by atoms with E-state index in [1.54, 1.807) is 0 Å². The minimum Gasteiger partial charge on any atom is -0.307 e. The predicted octanol–water partition coefficient (Wildman–Crippen LogP) is 4.03. The number of nitrogens with two attached hydrogens (primary N) is 1. The van der Waals surface area contributed by atoms with E-state index >= 15 is 0 Å². The van der Waals surface area contributed by atoms with Crippen LogP contribution in [0.2, 0.25) is 0 Å². The van der Waals surface area contributed by atoms with E-state index in [0.29, 0.717) is 0 Å². The molecule has 0 heterocycles. The minimum absolute atomic E-state index is 0.954. The molecule has 0 radical (unpaired) electrons. The summed E-state index contributed by atoms with van der Waals surface area (Å²) < 4.78 is 0. The maximum atomic E-state index is 6.98. The van der Waals surface area contributed by atoms with Crippen LogP contribution in [0, 0.1) is 0 Å². The number of hydrogen-bond acceptors (Lipinski definition) is 1. The van der Waals surface area contributed by atoms with Crippen LogP contribution >= 0.6 is 8.48 Å². The Morgan fingerprint density at radius 1 is 0.684 bits per heavy atom. The van der Waals surface area contributed by atoms with Crippen molar-refractivity contribution in [2.75, 3.05) is 18.8 Å². The van der Waals surface area contributed by atoms with Gasteiger partial charge in [-0.1, -0.05) is 60.7 Å². The molecule has 0 atom stereocenters. The summed E-state index contributed by atoms with van der Waals surface area (Å²) in [6.07, 6.45) is 6.83. The molecule has 19 heavy (non-hydrogen) atoms. The first-order chi connectivity index (χ1) is 8.66. The van der Waals surface area contributed by atoms with E-state index < -0.39 is 8.48 Å². The van der Waals surface area contributed by atoms with Gasteiger partial charge in [0, 0.05) is 11.5 Å². The molecule has 0 saturated heterocycles. The molecule has 0 spiro atoms. The van der Waals surface area contributed by atoms with Gasteiger partial charge in [-0.25, -0.2) is 8.48 Å². The highest BCUT2D eigenvalue weighted by Crippen LogP contribution is 2.78. The van der Waals surface area contributed by atoms with Crippen LogP contribution in [-0.2, 0) is 11.5 Å². The molecule has 2 aromatic carbocycles. The SMILES string of the molecule is CS(C)(C)(N)(Cc1ccccc1)Cc1ccccc1. The maximum Gasteiger partial charge on any atom is 0.000705 e. The third-order valence-corrected chi connectivity index (χ3v) is 6.40. The highest BCUT2D eigenvalue weighted by Gasteiger charge is 2.42. The Morgan fingerprint density at radius 3 is 1.32 bits per heavy atom. The van der Waals surface area contributed by atoms with Crippen molar-refractivity contribution in [2.24, 2.45) is 5.14 Å². The van der Waals surface area contributed by atoms with Crippen molar-refractivity contribution in [3.8, 4) is 0 Å². The minimum atomic E-state index is -2.60. The average Bonchev–Trinajstić information content (AvgIpc) is 2.28. The van der Waals surface area contributed by atoms with Crippen molar-refractivity contribution in [3.05, 3.63) is 71.8 Å². The van der Waals surface area contributed by atoms with Gasteiger partial charge in [-0.3, -0.25) is 0 Å². The third-order valence-electron chi connectivity index (χ3n) is 3.26. The van der Waals surface area contributed by atoms with Crippen LogP contribution < -0.4 is 5.14 Å². The molecule has 2 aromatic rings. The molecule has 0 fully saturated rings. The van der Waals surface area contributed by atoms with Crippen LogP contribution in [0.25, 0.3) is 0 Å². The summed E-state index contributed by atoms with van der Waals surface area (Å²) in [5, 5.41) is 6.98. The molecule has 2 rings (SSSR count). The van der Waals surface area contributed by atoms with Gasteiger partial charge in [-0.2, -0.15) is 0 Å². The molecule has 0 aliphatic rings. The summed E-state index contributed by atoms with van der Waals surface area (Å²) in [4.78, 5) is 0. The second-order valence-electron chi connectivity index (χ2n) is 7.46. The summed E-state index contributed by atoms with van der Waals surface area (Å²) in [5.41, 5.74) is 2.66. The first-order valence-electron chi connectivity index (χ1n) is 6.57. The topological polar surface area (TPSA) is 26.0 Å². The second-order valence-corrected chi connectivity index (χ2v) is 16.4. The Bertz CT molecular complexity index is 504. The Morgan fingerprint density at radius 2 is 1.00 bits per heavy atom. The van der Waals surface area contributed by atoms with Crippen LogP contribution in [0.3, 0.4) is 0 Å². The number of hydrogen-bond donors (Lipinski definition) is 1. The first kappa shape index (κ1) is 14.2. The molecule has 0 aliphatic heterocycles. The zero-order valence-corrected chi connectivity index (χ0v) is 13.0. The molecule has 0 aliphatic carbocycles. The quantitative estimate of drug-likeness (QED) is 0.896. The summed E-state index contributed by atoms with van der Waals surface area (Å²) in [5.74, 6) is 1.91. The van der Waals surface area contributed by atoms with E-state index in [-0.39, 0.29) is 0 Å². The van der Waals surface area contributed by atoms with Crippen molar-refractivity contribution >= 4 is 8.48 Å². The van der Waals surface area contributed by atoms with Gasteiger partial charge in [0.15, 0.2) is 0 Å². The monoisotopic (exact) mass is 275 g/mol. The molecule has 2 heteroatoms. The zero-order valence-electron chi connectivity index (χ0n) is 12.2. The second kappa shape index (κ2) is 4.12. The molecule has 2 N–H and O–H groups in total. The van der Waals surface area contributed by atoms with Crippen molar-refractivity contribution in [3.63, 3.8) is 0 Å². The van der Waals surface area contributed by atoms with Gasteiger partial charge in [0.05, 0.1) is 0 Å². The van der Waals surface area contributed by atoms with E-state index in [1.807, 2.05) is 0 Å². The van der Waals surface area contributed by atoms with E-state index in [9.17, 15) is 0 Å². The summed E-state index contributed by atoms with van der Waals surface area (Å²) >= 11 is 0. The van der Waals surface area contributed by atoms with Crippen molar-refractivity contribution in [2.45, 2.75) is 11.5 Å². The lowest BCUT2D eigenvalue weighted by Crippen LogP contribution is -2.44. The molecule has 0 amide bonds. The van der Waals surface area contributed by atoms with Gasteiger partial charge in [-0.05, 0) is 29.9 Å². The highest BCUT2D eigenvalue weighted by molar-refractivity contribution is 8.60. The predicted molar refractivity (Wildman–Crippen MR) is 89.8 cm³/mol. The molecule has 0 saturated carbocycles. The largest absolute Gasteiger partial charge is 0.307 e. The average molecular weight is 275 g/mol. The molecular weight excluding hydrogens is 250 g/mol. The van der Waals surface area contributed by atoms with Gasteiger partial charge in [0.1, 0.15) is 0 Å². The van der Waals surface area contributed by atoms with Crippen molar-refractivity contribution in [1.82, 2.24) is 0 Å². The number of rotatable bonds is 4. The van der Waals surface area contributed by atoms with Crippen LogP contribution in [0.15, 0.2) is 60.7 Å². The fourth-order valence-corrected chi connectivity index (χ4v) is 5.97. The molecule has 1 nitrogen and oxygen atoms in total. The Hall–Kier alpha value is -1.25. The molecule has 0 aromatic heterocycles. The lowest BCUT2D eigenvalue weighted by atomic mass is 10.2. The lowest BCUT2D eigenvalue weighted by molar-refractivity contribution is 1.23. The molecule has 0 unspecified atom stereocenters. The normalized spacial score (nSPS) is 15.6. The highest BCUT2D eigenvalue weighted by atomic mass is 32.4. The van der Waals surface area contributed by atoms with Crippen LogP contribution in [0.4, 0.5) is 0 Å².